The van der Waals surface area contributed by atoms with Crippen LogP contribution in [0.2, 0.25) is 0 Å². The van der Waals surface area contributed by atoms with Crippen LogP contribution >= 0.6 is 0 Å². The van der Waals surface area contributed by atoms with E-state index in [1.807, 2.05) is 12.1 Å². The van der Waals surface area contributed by atoms with E-state index in [0.717, 1.165) is 11.5 Å². The molecular weight excluding hydrogens is 198 g/mol. The normalized spacial score (nSPS) is 18.8. The molecule has 1 aliphatic carbocycles. The van der Waals surface area contributed by atoms with E-state index in [2.05, 4.69) is 10.3 Å². The van der Waals surface area contributed by atoms with Gasteiger partial charge >= 0.3 is 0 Å². The smallest absolute Gasteiger partial charge is 0.128 e. The summed E-state index contributed by atoms with van der Waals surface area (Å²) in [6, 6.07) is 4.32. The number of hydrogen-bond acceptors (Lipinski definition) is 3. The first-order valence-corrected chi connectivity index (χ1v) is 6.33. The van der Waals surface area contributed by atoms with Crippen LogP contribution in [0.25, 0.3) is 0 Å². The van der Waals surface area contributed by atoms with Crippen molar-refractivity contribution in [3.63, 3.8) is 0 Å². The molecule has 0 amide bonds. The van der Waals surface area contributed by atoms with E-state index < -0.39 is 0 Å². The van der Waals surface area contributed by atoms with Crippen molar-refractivity contribution in [3.8, 4) is 0 Å². The third-order valence-electron chi connectivity index (χ3n) is 3.24. The second kappa shape index (κ2) is 5.73. The lowest BCUT2D eigenvalue weighted by Gasteiger charge is -2.21. The summed E-state index contributed by atoms with van der Waals surface area (Å²) < 4.78 is 0. The summed E-state index contributed by atoms with van der Waals surface area (Å²) in [6.07, 6.45) is 11.1. The molecule has 2 rings (SSSR count). The van der Waals surface area contributed by atoms with Crippen molar-refractivity contribution < 1.29 is 0 Å². The van der Waals surface area contributed by atoms with E-state index in [0.29, 0.717) is 6.04 Å². The quantitative estimate of drug-likeness (QED) is 0.803. The molecule has 1 fully saturated rings. The predicted octanol–water partition coefficient (Wildman–Crippen LogP) is 3.19. The predicted molar refractivity (Wildman–Crippen MR) is 68.4 cm³/mol. The molecular formula is C13H21N3. The van der Waals surface area contributed by atoms with Crippen molar-refractivity contribution in [3.05, 3.63) is 18.3 Å². The van der Waals surface area contributed by atoms with Gasteiger partial charge in [-0.05, 0) is 18.9 Å². The van der Waals surface area contributed by atoms with Crippen LogP contribution in [0, 0.1) is 0 Å². The maximum Gasteiger partial charge on any atom is 0.128 e. The van der Waals surface area contributed by atoms with E-state index in [1.165, 1.54) is 44.9 Å². The fourth-order valence-corrected chi connectivity index (χ4v) is 2.34. The van der Waals surface area contributed by atoms with Crippen LogP contribution in [0.4, 0.5) is 11.5 Å². The van der Waals surface area contributed by atoms with Crippen molar-refractivity contribution in [1.29, 1.82) is 0 Å². The molecule has 3 nitrogen and oxygen atoms in total. The number of nitrogen functional groups attached to an aromatic ring is 1. The second-order valence-electron chi connectivity index (χ2n) is 4.66. The monoisotopic (exact) mass is 219 g/mol. The highest BCUT2D eigenvalue weighted by Gasteiger charge is 2.11. The summed E-state index contributed by atoms with van der Waals surface area (Å²) in [5.74, 6) is 0.922. The highest BCUT2D eigenvalue weighted by Crippen LogP contribution is 2.20. The zero-order valence-electron chi connectivity index (χ0n) is 9.78. The molecule has 3 N–H and O–H groups in total. The number of aromatic nitrogens is 1. The van der Waals surface area contributed by atoms with Gasteiger partial charge in [0, 0.05) is 24.0 Å². The molecule has 1 heterocycles. The molecule has 0 unspecified atom stereocenters. The van der Waals surface area contributed by atoms with E-state index in [-0.39, 0.29) is 0 Å². The van der Waals surface area contributed by atoms with E-state index in [1.54, 1.807) is 6.20 Å². The van der Waals surface area contributed by atoms with E-state index >= 15 is 0 Å². The lowest BCUT2D eigenvalue weighted by Crippen LogP contribution is -2.21. The van der Waals surface area contributed by atoms with Crippen molar-refractivity contribution in [1.82, 2.24) is 4.98 Å². The van der Waals surface area contributed by atoms with Crippen LogP contribution < -0.4 is 11.1 Å². The maximum absolute atomic E-state index is 5.74. The summed E-state index contributed by atoms with van der Waals surface area (Å²) in [6.45, 7) is 0. The van der Waals surface area contributed by atoms with Crippen molar-refractivity contribution in [2.24, 2.45) is 0 Å². The van der Waals surface area contributed by atoms with Crippen molar-refractivity contribution in [2.45, 2.75) is 51.0 Å². The van der Waals surface area contributed by atoms with Crippen LogP contribution in [0.5, 0.6) is 0 Å². The molecule has 3 heteroatoms. The average Bonchev–Trinajstić information content (AvgIpc) is 2.22. The summed E-state index contributed by atoms with van der Waals surface area (Å²) in [5, 5.41) is 3.50. The number of nitrogens with one attached hydrogen (secondary N) is 1. The Balaban J connectivity index is 1.91. The van der Waals surface area contributed by atoms with Gasteiger partial charge in [0.25, 0.3) is 0 Å². The van der Waals surface area contributed by atoms with E-state index in [9.17, 15) is 0 Å². The molecule has 0 aliphatic heterocycles. The Labute approximate surface area is 97.5 Å². The third-order valence-corrected chi connectivity index (χ3v) is 3.24. The lowest BCUT2D eigenvalue weighted by atomic mass is 9.97. The molecule has 1 aromatic heterocycles. The zero-order valence-corrected chi connectivity index (χ0v) is 9.78. The van der Waals surface area contributed by atoms with Gasteiger partial charge in [-0.15, -0.1) is 0 Å². The molecule has 1 saturated carbocycles. The molecule has 0 aromatic carbocycles. The standard InChI is InChI=1S/C13H21N3/c14-11-8-9-15-13(10-11)16-12-6-4-2-1-3-5-7-12/h8-10,12H,1-7H2,(H3,14,15,16). The molecule has 16 heavy (non-hydrogen) atoms. The Bertz CT molecular complexity index is 317. The number of nitrogens with two attached hydrogens (primary N) is 1. The minimum absolute atomic E-state index is 0.578. The minimum Gasteiger partial charge on any atom is -0.399 e. The Hall–Kier alpha value is -1.25. The summed E-state index contributed by atoms with van der Waals surface area (Å²) >= 11 is 0. The van der Waals surface area contributed by atoms with Gasteiger partial charge in [-0.25, -0.2) is 4.98 Å². The summed E-state index contributed by atoms with van der Waals surface area (Å²) in [4.78, 5) is 4.30. The van der Waals surface area contributed by atoms with Gasteiger partial charge in [-0.2, -0.15) is 0 Å². The fraction of sp³-hybridized carbons (Fsp3) is 0.615. The molecule has 0 spiro atoms. The van der Waals surface area contributed by atoms with Crippen LogP contribution in [0.1, 0.15) is 44.9 Å². The summed E-state index contributed by atoms with van der Waals surface area (Å²) in [7, 11) is 0. The SMILES string of the molecule is Nc1ccnc(NC2CCCCCCC2)c1. The van der Waals surface area contributed by atoms with Gasteiger partial charge in [0.15, 0.2) is 0 Å². The number of nitrogens with zero attached hydrogens (tertiary/aromatic N) is 1. The number of rotatable bonds is 2. The molecule has 0 saturated heterocycles. The summed E-state index contributed by atoms with van der Waals surface area (Å²) in [5.41, 5.74) is 6.52. The average molecular weight is 219 g/mol. The molecule has 88 valence electrons. The maximum atomic E-state index is 5.74. The molecule has 1 aromatic rings. The Morgan fingerprint density at radius 2 is 1.81 bits per heavy atom. The Morgan fingerprint density at radius 1 is 1.12 bits per heavy atom. The fourth-order valence-electron chi connectivity index (χ4n) is 2.34. The minimum atomic E-state index is 0.578. The molecule has 0 atom stereocenters. The highest BCUT2D eigenvalue weighted by molar-refractivity contribution is 5.48. The first-order chi connectivity index (χ1) is 7.84. The number of anilines is 2. The van der Waals surface area contributed by atoms with Gasteiger partial charge in [-0.1, -0.05) is 32.1 Å². The van der Waals surface area contributed by atoms with Gasteiger partial charge in [0.2, 0.25) is 0 Å². The van der Waals surface area contributed by atoms with Crippen molar-refractivity contribution in [2.75, 3.05) is 11.1 Å². The zero-order chi connectivity index (χ0) is 11.2. The third kappa shape index (κ3) is 3.40. The van der Waals surface area contributed by atoms with Gasteiger partial charge < -0.3 is 11.1 Å². The van der Waals surface area contributed by atoms with E-state index in [4.69, 9.17) is 5.73 Å². The molecule has 0 bridgehead atoms. The molecule has 0 radical (unpaired) electrons. The Morgan fingerprint density at radius 3 is 2.50 bits per heavy atom. The number of pyridine rings is 1. The van der Waals surface area contributed by atoms with Crippen LogP contribution in [0.3, 0.4) is 0 Å². The van der Waals surface area contributed by atoms with Gasteiger partial charge in [-0.3, -0.25) is 0 Å². The largest absolute Gasteiger partial charge is 0.399 e. The first-order valence-electron chi connectivity index (χ1n) is 6.33. The van der Waals surface area contributed by atoms with Crippen LogP contribution in [0.15, 0.2) is 18.3 Å². The second-order valence-corrected chi connectivity index (χ2v) is 4.66. The van der Waals surface area contributed by atoms with Gasteiger partial charge in [0.05, 0.1) is 0 Å². The highest BCUT2D eigenvalue weighted by atomic mass is 15.0. The van der Waals surface area contributed by atoms with Gasteiger partial charge in [0.1, 0.15) is 5.82 Å². The molecule has 1 aliphatic rings. The van der Waals surface area contributed by atoms with Crippen LogP contribution in [-0.4, -0.2) is 11.0 Å². The first kappa shape index (κ1) is 11.2. The topological polar surface area (TPSA) is 50.9 Å². The van der Waals surface area contributed by atoms with Crippen molar-refractivity contribution >= 4 is 11.5 Å². The lowest BCUT2D eigenvalue weighted by molar-refractivity contribution is 0.471. The van der Waals surface area contributed by atoms with Crippen LogP contribution in [-0.2, 0) is 0 Å². The number of hydrogen-bond donors (Lipinski definition) is 2. The Kier molecular flexibility index (Phi) is 4.03.